The van der Waals surface area contributed by atoms with Crippen LogP contribution in [-0.4, -0.2) is 61.9 Å². The van der Waals surface area contributed by atoms with Crippen LogP contribution in [0.1, 0.15) is 84.2 Å². The zero-order chi connectivity index (χ0) is 30.8. The molecule has 2 aliphatic heterocycles. The Bertz CT molecular complexity index is 1500. The van der Waals surface area contributed by atoms with Crippen molar-refractivity contribution in [3.05, 3.63) is 88.7 Å². The number of benzene rings is 2. The number of carbonyl (C=O) groups excluding carboxylic acids is 2. The van der Waals surface area contributed by atoms with Crippen LogP contribution in [0.2, 0.25) is 0 Å². The first-order valence-electron chi connectivity index (χ1n) is 16.2. The highest BCUT2D eigenvalue weighted by atomic mass is 16.4. The van der Waals surface area contributed by atoms with Crippen molar-refractivity contribution >= 4 is 17.8 Å². The molecule has 3 heterocycles. The zero-order valence-electron chi connectivity index (χ0n) is 25.9. The number of hydrogen-bond acceptors (Lipinski definition) is 4. The third-order valence-corrected chi connectivity index (χ3v) is 10.3. The molecule has 2 N–H and O–H groups in total. The summed E-state index contributed by atoms with van der Waals surface area (Å²) in [7, 11) is 0. The summed E-state index contributed by atoms with van der Waals surface area (Å²) >= 11 is 0. The molecule has 232 valence electrons. The van der Waals surface area contributed by atoms with E-state index in [2.05, 4.69) is 34.7 Å². The fourth-order valence-electron chi connectivity index (χ4n) is 7.75. The largest absolute Gasteiger partial charge is 0.478 e. The molecule has 1 spiro atoms. The summed E-state index contributed by atoms with van der Waals surface area (Å²) in [6, 6.07) is 18.8. The number of nitrogens with one attached hydrogen (secondary N) is 1. The van der Waals surface area contributed by atoms with E-state index in [1.807, 2.05) is 47.4 Å². The molecule has 3 fully saturated rings. The number of aryl methyl sites for hydroxylation is 1. The Morgan fingerprint density at radius 1 is 0.932 bits per heavy atom. The summed E-state index contributed by atoms with van der Waals surface area (Å²) in [5, 5.41) is 12.5. The number of carboxylic acid groups (broad SMARTS) is 1. The van der Waals surface area contributed by atoms with E-state index in [1.54, 1.807) is 12.1 Å². The number of piperidine rings is 1. The van der Waals surface area contributed by atoms with E-state index in [0.29, 0.717) is 25.3 Å². The van der Waals surface area contributed by atoms with Crippen molar-refractivity contribution in [1.82, 2.24) is 19.7 Å². The SMILES string of the molecule is Cc1cc(CN2CCC3(CC2)C(=O)NC(CC2CCCCC2)C(=O)N3Cc2ccccc2)c(C)n1-c1ccc(C(=O)O)cc1. The van der Waals surface area contributed by atoms with Crippen molar-refractivity contribution in [1.29, 1.82) is 0 Å². The molecule has 6 rings (SSSR count). The van der Waals surface area contributed by atoms with Crippen molar-refractivity contribution in [2.45, 2.75) is 89.9 Å². The van der Waals surface area contributed by atoms with Gasteiger partial charge < -0.3 is 19.9 Å². The highest BCUT2D eigenvalue weighted by Gasteiger charge is 2.53. The van der Waals surface area contributed by atoms with Gasteiger partial charge in [-0.3, -0.25) is 14.5 Å². The number of carboxylic acids is 1. The van der Waals surface area contributed by atoms with E-state index in [-0.39, 0.29) is 17.4 Å². The number of piperazine rings is 1. The Labute approximate surface area is 260 Å². The minimum absolute atomic E-state index is 0.0106. The lowest BCUT2D eigenvalue weighted by molar-refractivity contribution is -0.163. The van der Waals surface area contributed by atoms with Gasteiger partial charge >= 0.3 is 5.97 Å². The minimum Gasteiger partial charge on any atom is -0.478 e. The molecule has 1 atom stereocenters. The smallest absolute Gasteiger partial charge is 0.335 e. The summed E-state index contributed by atoms with van der Waals surface area (Å²) in [4.78, 5) is 43.8. The average Bonchev–Trinajstić information content (AvgIpc) is 3.31. The van der Waals surface area contributed by atoms with Gasteiger partial charge in [-0.05, 0) is 80.5 Å². The lowest BCUT2D eigenvalue weighted by atomic mass is 9.79. The van der Waals surface area contributed by atoms with E-state index >= 15 is 0 Å². The Morgan fingerprint density at radius 3 is 2.27 bits per heavy atom. The molecule has 2 amide bonds. The Balaban J connectivity index is 1.18. The highest BCUT2D eigenvalue weighted by molar-refractivity contribution is 6.00. The monoisotopic (exact) mass is 596 g/mol. The molecule has 2 aromatic carbocycles. The number of carbonyl (C=O) groups is 3. The maximum atomic E-state index is 14.1. The predicted octanol–water partition coefficient (Wildman–Crippen LogP) is 5.62. The van der Waals surface area contributed by atoms with E-state index in [9.17, 15) is 19.5 Å². The fraction of sp³-hybridized carbons (Fsp3) is 0.472. The van der Waals surface area contributed by atoms with Crippen LogP contribution in [0.5, 0.6) is 0 Å². The molecule has 2 saturated heterocycles. The van der Waals surface area contributed by atoms with Crippen molar-refractivity contribution in [3.63, 3.8) is 0 Å². The molecule has 0 bridgehead atoms. The molecule has 3 aromatic rings. The molecule has 1 saturated carbocycles. The number of amides is 2. The van der Waals surface area contributed by atoms with Crippen LogP contribution in [0, 0.1) is 19.8 Å². The zero-order valence-corrected chi connectivity index (χ0v) is 25.9. The second-order valence-corrected chi connectivity index (χ2v) is 13.1. The Morgan fingerprint density at radius 2 is 1.61 bits per heavy atom. The number of rotatable bonds is 8. The first-order valence-corrected chi connectivity index (χ1v) is 16.2. The first kappa shape index (κ1) is 30.1. The average molecular weight is 597 g/mol. The van der Waals surface area contributed by atoms with Gasteiger partial charge in [0.25, 0.3) is 0 Å². The normalized spacial score (nSPS) is 21.0. The molecule has 8 nitrogen and oxygen atoms in total. The van der Waals surface area contributed by atoms with E-state index in [4.69, 9.17) is 0 Å². The summed E-state index contributed by atoms with van der Waals surface area (Å²) < 4.78 is 2.16. The molecule has 1 unspecified atom stereocenters. The van der Waals surface area contributed by atoms with Gasteiger partial charge in [0.2, 0.25) is 11.8 Å². The van der Waals surface area contributed by atoms with Crippen molar-refractivity contribution < 1.29 is 19.5 Å². The van der Waals surface area contributed by atoms with Gasteiger partial charge in [-0.25, -0.2) is 4.79 Å². The van der Waals surface area contributed by atoms with Crippen LogP contribution in [0.3, 0.4) is 0 Å². The van der Waals surface area contributed by atoms with E-state index in [0.717, 1.165) is 61.5 Å². The molecule has 44 heavy (non-hydrogen) atoms. The quantitative estimate of drug-likeness (QED) is 0.352. The molecule has 1 aromatic heterocycles. The van der Waals surface area contributed by atoms with Gasteiger partial charge in [-0.2, -0.15) is 0 Å². The molecule has 0 radical (unpaired) electrons. The van der Waals surface area contributed by atoms with Gasteiger partial charge in [0, 0.05) is 43.3 Å². The summed E-state index contributed by atoms with van der Waals surface area (Å²) in [5.41, 5.74) is 4.83. The fourth-order valence-corrected chi connectivity index (χ4v) is 7.75. The van der Waals surface area contributed by atoms with Crippen molar-refractivity contribution in [2.24, 2.45) is 5.92 Å². The number of aromatic nitrogens is 1. The lowest BCUT2D eigenvalue weighted by Gasteiger charge is -2.52. The predicted molar refractivity (Wildman–Crippen MR) is 170 cm³/mol. The maximum Gasteiger partial charge on any atom is 0.335 e. The lowest BCUT2D eigenvalue weighted by Crippen LogP contribution is -2.72. The number of likely N-dealkylation sites (tertiary alicyclic amines) is 1. The number of aromatic carboxylic acids is 1. The van der Waals surface area contributed by atoms with Gasteiger partial charge in [0.05, 0.1) is 5.56 Å². The van der Waals surface area contributed by atoms with E-state index in [1.165, 1.54) is 24.8 Å². The van der Waals surface area contributed by atoms with Crippen LogP contribution in [0.25, 0.3) is 5.69 Å². The minimum atomic E-state index is -0.934. The van der Waals surface area contributed by atoms with Crippen LogP contribution in [-0.2, 0) is 22.7 Å². The highest BCUT2D eigenvalue weighted by Crippen LogP contribution is 2.37. The molecule has 1 aliphatic carbocycles. The second-order valence-electron chi connectivity index (χ2n) is 13.1. The van der Waals surface area contributed by atoms with Crippen LogP contribution in [0.15, 0.2) is 60.7 Å². The standard InChI is InChI=1S/C36H44N4O4/c1-25-21-30(26(2)40(25)31-15-13-29(14-16-31)34(42)43)24-38-19-17-36(18-20-38)35(44)37-32(22-27-9-5-3-6-10-27)33(41)39(36)23-28-11-7-4-8-12-28/h4,7-8,11-16,21,27,32H,3,5-6,9-10,17-20,22-24H2,1-2H3,(H,37,44)(H,42,43). The van der Waals surface area contributed by atoms with Crippen LogP contribution in [0.4, 0.5) is 0 Å². The third kappa shape index (κ3) is 5.92. The topological polar surface area (TPSA) is 94.9 Å². The van der Waals surface area contributed by atoms with Crippen LogP contribution < -0.4 is 5.32 Å². The van der Waals surface area contributed by atoms with Gasteiger partial charge in [0.15, 0.2) is 0 Å². The molecule has 3 aliphatic rings. The Hall–Kier alpha value is -3.91. The summed E-state index contributed by atoms with van der Waals surface area (Å²) in [6.07, 6.45) is 7.93. The number of hydrogen-bond donors (Lipinski definition) is 2. The van der Waals surface area contributed by atoms with Gasteiger partial charge in [-0.15, -0.1) is 0 Å². The van der Waals surface area contributed by atoms with Gasteiger partial charge in [0.1, 0.15) is 11.6 Å². The summed E-state index contributed by atoms with van der Waals surface area (Å²) in [5.74, 6) is -0.348. The maximum absolute atomic E-state index is 14.1. The van der Waals surface area contributed by atoms with Gasteiger partial charge in [-0.1, -0.05) is 62.4 Å². The Kier molecular flexibility index (Phi) is 8.63. The number of nitrogens with zero attached hydrogens (tertiary/aromatic N) is 3. The van der Waals surface area contributed by atoms with Crippen LogP contribution >= 0.6 is 0 Å². The first-order chi connectivity index (χ1) is 21.2. The summed E-state index contributed by atoms with van der Waals surface area (Å²) in [6.45, 7) is 6.81. The molecular formula is C36H44N4O4. The van der Waals surface area contributed by atoms with Crippen molar-refractivity contribution in [3.8, 4) is 5.69 Å². The molecule has 8 heteroatoms. The van der Waals surface area contributed by atoms with E-state index < -0.39 is 17.6 Å². The second kappa shape index (κ2) is 12.6. The van der Waals surface area contributed by atoms with Crippen molar-refractivity contribution in [2.75, 3.05) is 13.1 Å². The molecular weight excluding hydrogens is 552 g/mol. The third-order valence-electron chi connectivity index (χ3n) is 10.3.